The highest BCUT2D eigenvalue weighted by molar-refractivity contribution is 6.30. The van der Waals surface area contributed by atoms with Crippen LogP contribution in [0.2, 0.25) is 5.02 Å². The lowest BCUT2D eigenvalue weighted by atomic mass is 10.1. The van der Waals surface area contributed by atoms with E-state index in [-0.39, 0.29) is 0 Å². The number of rotatable bonds is 5. The van der Waals surface area contributed by atoms with E-state index in [0.29, 0.717) is 5.82 Å². The first-order chi connectivity index (χ1) is 13.7. The summed E-state index contributed by atoms with van der Waals surface area (Å²) in [6.07, 6.45) is 4.77. The number of piperazine rings is 1. The van der Waals surface area contributed by atoms with Gasteiger partial charge in [0.05, 0.1) is 5.69 Å². The van der Waals surface area contributed by atoms with Crippen LogP contribution in [-0.4, -0.2) is 52.6 Å². The quantitative estimate of drug-likeness (QED) is 0.643. The first kappa shape index (κ1) is 18.8. The Hall–Kier alpha value is -2.50. The Morgan fingerprint density at radius 3 is 2.43 bits per heavy atom. The fraction of sp³-hybridized carbons (Fsp3) is 0.318. The van der Waals surface area contributed by atoms with Gasteiger partial charge in [0.25, 0.3) is 0 Å². The van der Waals surface area contributed by atoms with E-state index in [1.807, 2.05) is 42.6 Å². The Bertz CT molecular complexity index is 906. The van der Waals surface area contributed by atoms with E-state index in [4.69, 9.17) is 21.6 Å². The summed E-state index contributed by atoms with van der Waals surface area (Å²) in [7, 11) is 0. The number of nitrogens with zero attached hydrogens (tertiary/aromatic N) is 5. The summed E-state index contributed by atoms with van der Waals surface area (Å²) in [5, 5.41) is 0.720. The molecular weight excluding hydrogens is 370 g/mol. The van der Waals surface area contributed by atoms with E-state index in [9.17, 15) is 0 Å². The lowest BCUT2D eigenvalue weighted by molar-refractivity contribution is 0.258. The summed E-state index contributed by atoms with van der Waals surface area (Å²) in [5.74, 6) is 1.67. The minimum atomic E-state index is 0.700. The Kier molecular flexibility index (Phi) is 5.84. The van der Waals surface area contributed by atoms with Crippen LogP contribution in [0.1, 0.15) is 13.3 Å². The van der Waals surface area contributed by atoms with Crippen molar-refractivity contribution in [2.45, 2.75) is 13.3 Å². The summed E-state index contributed by atoms with van der Waals surface area (Å²) < 4.78 is 0. The molecule has 3 aromatic rings. The fourth-order valence-corrected chi connectivity index (χ4v) is 3.63. The zero-order chi connectivity index (χ0) is 19.3. The van der Waals surface area contributed by atoms with Gasteiger partial charge in [-0.15, -0.1) is 0 Å². The van der Waals surface area contributed by atoms with Gasteiger partial charge in [-0.1, -0.05) is 30.7 Å². The highest BCUT2D eigenvalue weighted by Gasteiger charge is 2.19. The van der Waals surface area contributed by atoms with Gasteiger partial charge in [0.2, 0.25) is 0 Å². The van der Waals surface area contributed by atoms with Crippen LogP contribution in [-0.2, 0) is 0 Å². The number of aromatic nitrogens is 3. The van der Waals surface area contributed by atoms with Gasteiger partial charge >= 0.3 is 0 Å². The third-order valence-electron chi connectivity index (χ3n) is 5.01. The van der Waals surface area contributed by atoms with Crippen molar-refractivity contribution in [3.63, 3.8) is 0 Å². The van der Waals surface area contributed by atoms with Crippen molar-refractivity contribution in [1.29, 1.82) is 0 Å². The van der Waals surface area contributed by atoms with Crippen LogP contribution in [0.15, 0.2) is 54.9 Å². The van der Waals surface area contributed by atoms with E-state index >= 15 is 0 Å². The number of benzene rings is 1. The van der Waals surface area contributed by atoms with Crippen LogP contribution in [0.4, 0.5) is 5.82 Å². The topological polar surface area (TPSA) is 45.2 Å². The van der Waals surface area contributed by atoms with Crippen molar-refractivity contribution in [3.8, 4) is 22.6 Å². The molecule has 1 fully saturated rings. The molecule has 2 aromatic heterocycles. The van der Waals surface area contributed by atoms with Gasteiger partial charge in [-0.2, -0.15) is 0 Å². The second-order valence-electron chi connectivity index (χ2n) is 7.01. The highest BCUT2D eigenvalue weighted by Crippen LogP contribution is 2.27. The molecule has 0 spiro atoms. The molecule has 0 radical (unpaired) electrons. The molecule has 1 aromatic carbocycles. The molecule has 1 aliphatic heterocycles. The molecule has 3 heterocycles. The second-order valence-corrected chi connectivity index (χ2v) is 7.45. The van der Waals surface area contributed by atoms with E-state index in [1.54, 1.807) is 6.20 Å². The van der Waals surface area contributed by atoms with E-state index in [0.717, 1.165) is 60.4 Å². The Labute approximate surface area is 171 Å². The third kappa shape index (κ3) is 4.32. The van der Waals surface area contributed by atoms with Crippen LogP contribution in [0, 0.1) is 0 Å². The van der Waals surface area contributed by atoms with Crippen LogP contribution in [0.5, 0.6) is 0 Å². The molecule has 0 saturated carbocycles. The van der Waals surface area contributed by atoms with Crippen molar-refractivity contribution >= 4 is 17.4 Å². The van der Waals surface area contributed by atoms with Gasteiger partial charge < -0.3 is 4.90 Å². The molecule has 144 valence electrons. The van der Waals surface area contributed by atoms with Crippen LogP contribution >= 0.6 is 11.6 Å². The van der Waals surface area contributed by atoms with Gasteiger partial charge in [0.15, 0.2) is 5.82 Å². The third-order valence-corrected chi connectivity index (χ3v) is 5.26. The van der Waals surface area contributed by atoms with Crippen molar-refractivity contribution in [1.82, 2.24) is 19.9 Å². The maximum atomic E-state index is 6.06. The molecule has 28 heavy (non-hydrogen) atoms. The average molecular weight is 394 g/mol. The van der Waals surface area contributed by atoms with Crippen LogP contribution in [0.3, 0.4) is 0 Å². The Morgan fingerprint density at radius 1 is 0.964 bits per heavy atom. The van der Waals surface area contributed by atoms with Gasteiger partial charge in [-0.05, 0) is 37.2 Å². The minimum Gasteiger partial charge on any atom is -0.354 e. The summed E-state index contributed by atoms with van der Waals surface area (Å²) >= 11 is 6.06. The molecule has 0 atom stereocenters. The van der Waals surface area contributed by atoms with Crippen molar-refractivity contribution < 1.29 is 0 Å². The van der Waals surface area contributed by atoms with Crippen LogP contribution in [0.25, 0.3) is 22.6 Å². The molecule has 1 aliphatic rings. The Morgan fingerprint density at radius 2 is 1.75 bits per heavy atom. The maximum Gasteiger partial charge on any atom is 0.163 e. The van der Waals surface area contributed by atoms with Crippen molar-refractivity contribution in [2.75, 3.05) is 37.6 Å². The summed E-state index contributed by atoms with van der Waals surface area (Å²) in [6.45, 7) is 7.48. The smallest absolute Gasteiger partial charge is 0.163 e. The number of hydrogen-bond acceptors (Lipinski definition) is 5. The first-order valence-electron chi connectivity index (χ1n) is 9.75. The summed E-state index contributed by atoms with van der Waals surface area (Å²) in [4.78, 5) is 18.8. The van der Waals surface area contributed by atoms with E-state index in [2.05, 4.69) is 27.8 Å². The largest absolute Gasteiger partial charge is 0.354 e. The van der Waals surface area contributed by atoms with Crippen LogP contribution < -0.4 is 4.90 Å². The van der Waals surface area contributed by atoms with Crippen molar-refractivity contribution in [2.24, 2.45) is 0 Å². The predicted octanol–water partition coefficient (Wildman–Crippen LogP) is 4.39. The number of hydrogen-bond donors (Lipinski definition) is 0. The molecule has 0 N–H and O–H groups in total. The molecule has 0 aliphatic carbocycles. The van der Waals surface area contributed by atoms with E-state index < -0.39 is 0 Å². The molecule has 4 rings (SSSR count). The number of anilines is 1. The lowest BCUT2D eigenvalue weighted by Gasteiger charge is -2.35. The summed E-state index contributed by atoms with van der Waals surface area (Å²) in [6, 6.07) is 13.8. The molecule has 1 saturated heterocycles. The summed E-state index contributed by atoms with van der Waals surface area (Å²) in [5.41, 5.74) is 2.85. The van der Waals surface area contributed by atoms with Gasteiger partial charge in [-0.25, -0.2) is 9.97 Å². The monoisotopic (exact) mass is 393 g/mol. The number of halogens is 1. The van der Waals surface area contributed by atoms with Gasteiger partial charge in [0.1, 0.15) is 5.82 Å². The fourth-order valence-electron chi connectivity index (χ4n) is 3.51. The molecule has 0 bridgehead atoms. The standard InChI is InChI=1S/C22H24ClN5/c1-2-10-27-11-13-28(14-12-27)21-15-20(17-5-7-19(23)8-6-17)25-22(26-21)18-4-3-9-24-16-18/h3-9,15-16H,2,10-14H2,1H3. The molecule has 0 amide bonds. The normalized spacial score (nSPS) is 15.0. The molecular formula is C22H24ClN5. The second kappa shape index (κ2) is 8.67. The van der Waals surface area contributed by atoms with Crippen molar-refractivity contribution in [3.05, 3.63) is 59.9 Å². The minimum absolute atomic E-state index is 0.700. The first-order valence-corrected chi connectivity index (χ1v) is 10.1. The maximum absolute atomic E-state index is 6.06. The van der Waals surface area contributed by atoms with Gasteiger partial charge in [0, 0.05) is 60.8 Å². The zero-order valence-electron chi connectivity index (χ0n) is 16.1. The predicted molar refractivity (Wildman–Crippen MR) is 115 cm³/mol. The molecule has 5 nitrogen and oxygen atoms in total. The zero-order valence-corrected chi connectivity index (χ0v) is 16.8. The molecule has 0 unspecified atom stereocenters. The average Bonchev–Trinajstić information content (AvgIpc) is 2.75. The Balaban J connectivity index is 1.69. The number of pyridine rings is 1. The highest BCUT2D eigenvalue weighted by atomic mass is 35.5. The van der Waals surface area contributed by atoms with E-state index in [1.165, 1.54) is 6.42 Å². The molecule has 6 heteroatoms. The van der Waals surface area contributed by atoms with Gasteiger partial charge in [-0.3, -0.25) is 9.88 Å². The SMILES string of the molecule is CCCN1CCN(c2cc(-c3ccc(Cl)cc3)nc(-c3cccnc3)n2)CC1. The lowest BCUT2D eigenvalue weighted by Crippen LogP contribution is -2.46.